The molecule has 0 aromatic heterocycles. The van der Waals surface area contributed by atoms with Crippen molar-refractivity contribution in [3.8, 4) is 0 Å². The van der Waals surface area contributed by atoms with Gasteiger partial charge in [-0.3, -0.25) is 4.79 Å². The lowest BCUT2D eigenvalue weighted by molar-refractivity contribution is 0.0719. The second kappa shape index (κ2) is 5.67. The fraction of sp³-hybridized carbons (Fsp3) is 0.500. The first-order chi connectivity index (χ1) is 9.02. The van der Waals surface area contributed by atoms with Crippen LogP contribution >= 0.6 is 15.9 Å². The van der Waals surface area contributed by atoms with Crippen molar-refractivity contribution < 1.29 is 13.6 Å². The number of carbonyl (C=O) groups excluding carboxylic acids is 1. The van der Waals surface area contributed by atoms with Crippen molar-refractivity contribution in [2.45, 2.75) is 32.1 Å². The highest BCUT2D eigenvalue weighted by molar-refractivity contribution is 9.10. The van der Waals surface area contributed by atoms with Crippen LogP contribution in [-0.4, -0.2) is 12.3 Å². The van der Waals surface area contributed by atoms with Crippen LogP contribution in [0.3, 0.4) is 0 Å². The third kappa shape index (κ3) is 2.58. The Bertz CT molecular complexity index is 498. The fourth-order valence-electron chi connectivity index (χ4n) is 2.75. The SMILES string of the molecule is NCC1(C(=O)c2c(F)ccc(Br)c2F)CCCCC1. The van der Waals surface area contributed by atoms with E-state index in [-0.39, 0.29) is 11.0 Å². The first kappa shape index (κ1) is 14.6. The number of benzene rings is 1. The minimum atomic E-state index is -0.830. The number of halogens is 3. The van der Waals surface area contributed by atoms with Crippen LogP contribution in [0.1, 0.15) is 42.5 Å². The molecule has 0 saturated heterocycles. The predicted molar refractivity (Wildman–Crippen MR) is 73.0 cm³/mol. The van der Waals surface area contributed by atoms with Gasteiger partial charge in [-0.15, -0.1) is 0 Å². The van der Waals surface area contributed by atoms with Crippen molar-refractivity contribution in [3.05, 3.63) is 33.8 Å². The van der Waals surface area contributed by atoms with Gasteiger partial charge in [0.25, 0.3) is 0 Å². The minimum absolute atomic E-state index is 0.0974. The van der Waals surface area contributed by atoms with Gasteiger partial charge in [-0.1, -0.05) is 19.3 Å². The summed E-state index contributed by atoms with van der Waals surface area (Å²) in [5.74, 6) is -2.14. The first-order valence-electron chi connectivity index (χ1n) is 6.40. The molecule has 0 heterocycles. The molecule has 0 atom stereocenters. The average Bonchev–Trinajstić information content (AvgIpc) is 2.44. The molecule has 1 aromatic rings. The molecule has 2 rings (SSSR count). The smallest absolute Gasteiger partial charge is 0.176 e. The molecule has 1 fully saturated rings. The van der Waals surface area contributed by atoms with Crippen LogP contribution in [0, 0.1) is 17.0 Å². The van der Waals surface area contributed by atoms with Crippen molar-refractivity contribution in [1.29, 1.82) is 0 Å². The van der Waals surface area contributed by atoms with Crippen LogP contribution in [0.25, 0.3) is 0 Å². The molecule has 0 radical (unpaired) electrons. The Morgan fingerprint density at radius 3 is 2.47 bits per heavy atom. The van der Waals surface area contributed by atoms with Crippen LogP contribution in [0.15, 0.2) is 16.6 Å². The first-order valence-corrected chi connectivity index (χ1v) is 7.19. The van der Waals surface area contributed by atoms with E-state index in [0.29, 0.717) is 12.8 Å². The fourth-order valence-corrected chi connectivity index (χ4v) is 3.08. The molecular weight excluding hydrogens is 316 g/mol. The Morgan fingerprint density at radius 2 is 1.89 bits per heavy atom. The molecule has 2 N–H and O–H groups in total. The topological polar surface area (TPSA) is 43.1 Å². The standard InChI is InChI=1S/C14H16BrF2NO/c15-9-4-5-10(16)11(12(9)17)13(19)14(8-18)6-2-1-3-7-14/h4-5H,1-3,6-8,18H2. The average molecular weight is 332 g/mol. The van der Waals surface area contributed by atoms with Crippen molar-refractivity contribution >= 4 is 21.7 Å². The van der Waals surface area contributed by atoms with Crippen molar-refractivity contribution in [3.63, 3.8) is 0 Å². The second-order valence-corrected chi connectivity index (χ2v) is 5.95. The summed E-state index contributed by atoms with van der Waals surface area (Å²) in [5.41, 5.74) is 4.48. The molecule has 1 aromatic carbocycles. The van der Waals surface area contributed by atoms with Gasteiger partial charge < -0.3 is 5.73 Å². The molecule has 1 aliphatic rings. The molecule has 0 amide bonds. The molecular formula is C14H16BrF2NO. The molecule has 0 unspecified atom stereocenters. The second-order valence-electron chi connectivity index (χ2n) is 5.09. The van der Waals surface area contributed by atoms with Gasteiger partial charge in [-0.25, -0.2) is 8.78 Å². The Kier molecular flexibility index (Phi) is 4.36. The molecule has 1 saturated carbocycles. The van der Waals surface area contributed by atoms with Gasteiger partial charge in [0.15, 0.2) is 11.6 Å². The quantitative estimate of drug-likeness (QED) is 0.675. The van der Waals surface area contributed by atoms with E-state index in [1.165, 1.54) is 6.07 Å². The van der Waals surface area contributed by atoms with Crippen LogP contribution in [0.2, 0.25) is 0 Å². The van der Waals surface area contributed by atoms with Crippen LogP contribution in [-0.2, 0) is 0 Å². The maximum absolute atomic E-state index is 14.0. The lowest BCUT2D eigenvalue weighted by Gasteiger charge is -2.34. The highest BCUT2D eigenvalue weighted by Gasteiger charge is 2.41. The predicted octanol–water partition coefficient (Wildman–Crippen LogP) is 3.82. The van der Waals surface area contributed by atoms with E-state index < -0.39 is 28.4 Å². The molecule has 2 nitrogen and oxygen atoms in total. The minimum Gasteiger partial charge on any atom is -0.329 e. The maximum atomic E-state index is 14.0. The molecule has 0 bridgehead atoms. The summed E-state index contributed by atoms with van der Waals surface area (Å²) < 4.78 is 27.9. The summed E-state index contributed by atoms with van der Waals surface area (Å²) in [5, 5.41) is 0. The summed E-state index contributed by atoms with van der Waals surface area (Å²) in [6, 6.07) is 2.37. The number of nitrogens with two attached hydrogens (primary N) is 1. The van der Waals surface area contributed by atoms with Gasteiger partial charge in [0.2, 0.25) is 0 Å². The van der Waals surface area contributed by atoms with Crippen LogP contribution < -0.4 is 5.73 Å². The van der Waals surface area contributed by atoms with E-state index >= 15 is 0 Å². The number of hydrogen-bond donors (Lipinski definition) is 1. The Labute approximate surface area is 119 Å². The summed E-state index contributed by atoms with van der Waals surface area (Å²) in [4.78, 5) is 12.6. The zero-order chi connectivity index (χ0) is 14.0. The van der Waals surface area contributed by atoms with Gasteiger partial charge >= 0.3 is 0 Å². The van der Waals surface area contributed by atoms with Crippen molar-refractivity contribution in [1.82, 2.24) is 0 Å². The molecule has 1 aliphatic carbocycles. The molecule has 19 heavy (non-hydrogen) atoms. The lowest BCUT2D eigenvalue weighted by Crippen LogP contribution is -2.41. The third-order valence-corrected chi connectivity index (χ3v) is 4.57. The van der Waals surface area contributed by atoms with Crippen molar-refractivity contribution in [2.75, 3.05) is 6.54 Å². The van der Waals surface area contributed by atoms with Gasteiger partial charge in [0, 0.05) is 12.0 Å². The Morgan fingerprint density at radius 1 is 1.26 bits per heavy atom. The monoisotopic (exact) mass is 331 g/mol. The van der Waals surface area contributed by atoms with E-state index in [9.17, 15) is 13.6 Å². The number of rotatable bonds is 3. The maximum Gasteiger partial charge on any atom is 0.176 e. The van der Waals surface area contributed by atoms with E-state index in [1.54, 1.807) is 0 Å². The van der Waals surface area contributed by atoms with Gasteiger partial charge in [0.1, 0.15) is 5.82 Å². The van der Waals surface area contributed by atoms with E-state index in [4.69, 9.17) is 5.73 Å². The Hall–Kier alpha value is -0.810. The lowest BCUT2D eigenvalue weighted by atomic mass is 9.69. The van der Waals surface area contributed by atoms with E-state index in [1.807, 2.05) is 0 Å². The van der Waals surface area contributed by atoms with E-state index in [0.717, 1.165) is 25.3 Å². The summed E-state index contributed by atoms with van der Waals surface area (Å²) in [6.07, 6.45) is 4.00. The van der Waals surface area contributed by atoms with Gasteiger partial charge in [-0.2, -0.15) is 0 Å². The normalized spacial score (nSPS) is 18.3. The van der Waals surface area contributed by atoms with Gasteiger partial charge in [-0.05, 0) is 40.9 Å². The molecule has 104 valence electrons. The molecule has 0 spiro atoms. The zero-order valence-electron chi connectivity index (χ0n) is 10.5. The number of hydrogen-bond acceptors (Lipinski definition) is 2. The van der Waals surface area contributed by atoms with Crippen LogP contribution in [0.4, 0.5) is 8.78 Å². The van der Waals surface area contributed by atoms with Gasteiger partial charge in [0.05, 0.1) is 10.0 Å². The van der Waals surface area contributed by atoms with Crippen molar-refractivity contribution in [2.24, 2.45) is 11.1 Å². The molecule has 5 heteroatoms. The van der Waals surface area contributed by atoms with E-state index in [2.05, 4.69) is 15.9 Å². The Balaban J connectivity index is 2.46. The number of ketones is 1. The highest BCUT2D eigenvalue weighted by atomic mass is 79.9. The summed E-state index contributed by atoms with van der Waals surface area (Å²) >= 11 is 2.99. The number of carbonyl (C=O) groups is 1. The van der Waals surface area contributed by atoms with Crippen LogP contribution in [0.5, 0.6) is 0 Å². The summed E-state index contributed by atoms with van der Waals surface area (Å²) in [7, 11) is 0. The highest BCUT2D eigenvalue weighted by Crippen LogP contribution is 2.39. The third-order valence-electron chi connectivity index (χ3n) is 3.95. The zero-order valence-corrected chi connectivity index (χ0v) is 12.1. The summed E-state index contributed by atoms with van der Waals surface area (Å²) in [6.45, 7) is 0.136. The molecule has 0 aliphatic heterocycles. The number of Topliss-reactive ketones (excluding diaryl/α,β-unsaturated/α-hetero) is 1. The largest absolute Gasteiger partial charge is 0.329 e.